The monoisotopic (exact) mass is 482 g/mol. The van der Waals surface area contributed by atoms with Gasteiger partial charge in [0, 0.05) is 24.4 Å². The average Bonchev–Trinajstić information content (AvgIpc) is 3.54. The van der Waals surface area contributed by atoms with E-state index in [1.807, 2.05) is 6.92 Å². The van der Waals surface area contributed by atoms with Crippen molar-refractivity contribution in [1.82, 2.24) is 14.7 Å². The molecule has 1 fully saturated rings. The molecule has 1 atom stereocenters. The number of benzene rings is 1. The number of hydrogen-bond acceptors (Lipinski definition) is 7. The molecule has 0 spiro atoms. The maximum atomic E-state index is 14.5. The third-order valence-electron chi connectivity index (χ3n) is 5.35. The van der Waals surface area contributed by atoms with Crippen LogP contribution in [-0.2, 0) is 4.79 Å². The van der Waals surface area contributed by atoms with Crippen LogP contribution in [0, 0.1) is 11.7 Å². The minimum Gasteiger partial charge on any atom is -0.484 e. The summed E-state index contributed by atoms with van der Waals surface area (Å²) in [6.07, 6.45) is 3.04. The lowest BCUT2D eigenvalue weighted by atomic mass is 10.1. The van der Waals surface area contributed by atoms with Crippen LogP contribution < -0.4 is 15.8 Å². The van der Waals surface area contributed by atoms with E-state index in [0.717, 1.165) is 17.7 Å². The van der Waals surface area contributed by atoms with Crippen molar-refractivity contribution in [2.24, 2.45) is 11.7 Å². The van der Waals surface area contributed by atoms with E-state index in [2.05, 4.69) is 14.7 Å². The zero-order valence-electron chi connectivity index (χ0n) is 18.4. The first kappa shape index (κ1) is 23.5. The van der Waals surface area contributed by atoms with Gasteiger partial charge in [-0.15, -0.1) is 0 Å². The van der Waals surface area contributed by atoms with Crippen molar-refractivity contribution >= 4 is 29.1 Å². The maximum absolute atomic E-state index is 14.5. The molecule has 34 heavy (non-hydrogen) atoms. The molecule has 0 saturated heterocycles. The van der Waals surface area contributed by atoms with Crippen LogP contribution in [0.3, 0.4) is 0 Å². The predicted octanol–water partition coefficient (Wildman–Crippen LogP) is 3.68. The van der Waals surface area contributed by atoms with E-state index < -0.39 is 17.6 Å². The van der Waals surface area contributed by atoms with Gasteiger partial charge in [-0.2, -0.15) is 4.37 Å². The number of hydrogen-bond donors (Lipinski definition) is 2. The first-order valence-corrected chi connectivity index (χ1v) is 11.6. The van der Waals surface area contributed by atoms with Crippen molar-refractivity contribution in [3.8, 4) is 17.0 Å². The SMILES string of the molecule is C[C@@H](Oc1ccc(C(=O)C2CC2)nc1)c1cc(-c2ccc(C(=O)NCCC(N)=O)c(F)c2)ns1. The Labute approximate surface area is 199 Å². The van der Waals surface area contributed by atoms with Gasteiger partial charge in [0.1, 0.15) is 23.4 Å². The Morgan fingerprint density at radius 2 is 2.03 bits per heavy atom. The largest absolute Gasteiger partial charge is 0.484 e. The number of nitrogens with zero attached hydrogens (tertiary/aromatic N) is 2. The molecule has 1 aliphatic rings. The van der Waals surface area contributed by atoms with Crippen LogP contribution in [0.2, 0.25) is 0 Å². The molecular formula is C24H23FN4O4S. The van der Waals surface area contributed by atoms with Crippen LogP contribution in [0.1, 0.15) is 58.0 Å². The lowest BCUT2D eigenvalue weighted by molar-refractivity contribution is -0.117. The molecule has 3 aromatic rings. The van der Waals surface area contributed by atoms with E-state index in [1.165, 1.54) is 29.9 Å². The number of amides is 2. The summed E-state index contributed by atoms with van der Waals surface area (Å²) in [6, 6.07) is 9.43. The predicted molar refractivity (Wildman–Crippen MR) is 124 cm³/mol. The van der Waals surface area contributed by atoms with Crippen LogP contribution in [-0.4, -0.2) is 33.5 Å². The summed E-state index contributed by atoms with van der Waals surface area (Å²) in [5.41, 5.74) is 6.43. The molecule has 0 radical (unpaired) electrons. The molecule has 176 valence electrons. The Morgan fingerprint density at radius 1 is 1.24 bits per heavy atom. The minimum absolute atomic E-state index is 0.0217. The Balaban J connectivity index is 1.39. The highest BCUT2D eigenvalue weighted by Crippen LogP contribution is 2.33. The summed E-state index contributed by atoms with van der Waals surface area (Å²) in [5, 5.41) is 2.46. The molecular weight excluding hydrogens is 459 g/mol. The first-order chi connectivity index (χ1) is 16.3. The molecule has 0 bridgehead atoms. The van der Waals surface area contributed by atoms with Crippen molar-refractivity contribution in [3.05, 3.63) is 64.5 Å². The topological polar surface area (TPSA) is 124 Å². The molecule has 4 rings (SSSR count). The number of carbonyl (C=O) groups excluding carboxylic acids is 3. The van der Waals surface area contributed by atoms with Crippen LogP contribution in [0.5, 0.6) is 5.75 Å². The minimum atomic E-state index is -0.695. The van der Waals surface area contributed by atoms with Gasteiger partial charge in [-0.1, -0.05) is 6.07 Å². The van der Waals surface area contributed by atoms with E-state index in [0.29, 0.717) is 22.7 Å². The van der Waals surface area contributed by atoms with Crippen LogP contribution in [0.15, 0.2) is 42.6 Å². The fourth-order valence-corrected chi connectivity index (χ4v) is 4.01. The highest BCUT2D eigenvalue weighted by atomic mass is 32.1. The zero-order valence-corrected chi connectivity index (χ0v) is 19.2. The molecule has 0 aliphatic heterocycles. The number of nitrogens with two attached hydrogens (primary N) is 1. The number of pyridine rings is 1. The Kier molecular flexibility index (Phi) is 6.97. The lowest BCUT2D eigenvalue weighted by Crippen LogP contribution is -2.28. The van der Waals surface area contributed by atoms with E-state index >= 15 is 0 Å². The van der Waals surface area contributed by atoms with E-state index in [1.54, 1.807) is 24.3 Å². The highest BCUT2D eigenvalue weighted by molar-refractivity contribution is 7.06. The number of Topliss-reactive ketones (excluding diaryl/α,β-unsaturated/α-hetero) is 1. The Hall–Kier alpha value is -3.66. The quantitative estimate of drug-likeness (QED) is 0.425. The van der Waals surface area contributed by atoms with Gasteiger partial charge in [0.05, 0.1) is 22.3 Å². The van der Waals surface area contributed by atoms with Gasteiger partial charge in [-0.05, 0) is 61.6 Å². The smallest absolute Gasteiger partial charge is 0.254 e. The summed E-state index contributed by atoms with van der Waals surface area (Å²) in [7, 11) is 0. The number of ketones is 1. The fraction of sp³-hybridized carbons (Fsp3) is 0.292. The molecule has 8 nitrogen and oxygen atoms in total. The van der Waals surface area contributed by atoms with E-state index in [9.17, 15) is 18.8 Å². The molecule has 1 aliphatic carbocycles. The molecule has 10 heteroatoms. The van der Waals surface area contributed by atoms with Crippen LogP contribution >= 0.6 is 11.5 Å². The summed E-state index contributed by atoms with van der Waals surface area (Å²) >= 11 is 1.23. The molecule has 0 unspecified atom stereocenters. The number of halogens is 1. The van der Waals surface area contributed by atoms with Crippen LogP contribution in [0.25, 0.3) is 11.3 Å². The number of rotatable bonds is 10. The fourth-order valence-electron chi connectivity index (χ4n) is 3.28. The number of carbonyl (C=O) groups is 3. The summed E-state index contributed by atoms with van der Waals surface area (Å²) in [5.74, 6) is -1.14. The van der Waals surface area contributed by atoms with Gasteiger partial charge in [0.15, 0.2) is 5.78 Å². The van der Waals surface area contributed by atoms with E-state index in [4.69, 9.17) is 10.5 Å². The van der Waals surface area contributed by atoms with Crippen molar-refractivity contribution in [3.63, 3.8) is 0 Å². The molecule has 2 heterocycles. The molecule has 1 aromatic carbocycles. The lowest BCUT2D eigenvalue weighted by Gasteiger charge is -2.12. The molecule has 2 aromatic heterocycles. The van der Waals surface area contributed by atoms with Gasteiger partial charge in [-0.3, -0.25) is 14.4 Å². The summed E-state index contributed by atoms with van der Waals surface area (Å²) in [4.78, 5) is 40.0. The van der Waals surface area contributed by atoms with Crippen molar-refractivity contribution < 1.29 is 23.5 Å². The number of aromatic nitrogens is 2. The first-order valence-electron chi connectivity index (χ1n) is 10.8. The second-order valence-electron chi connectivity index (χ2n) is 8.06. The standard InChI is InChI=1S/C24H23FN4O4S/c1-13(33-16-5-7-19(28-12-16)23(31)14-2-3-14)21-11-20(29-34-21)15-4-6-17(18(25)10-15)24(32)27-9-8-22(26)30/h4-7,10-14H,2-3,8-9H2,1H3,(H2,26,30)(H,27,32)/t13-/m1/s1. The molecule has 2 amide bonds. The maximum Gasteiger partial charge on any atom is 0.254 e. The third kappa shape index (κ3) is 5.63. The normalized spacial score (nSPS) is 13.8. The number of ether oxygens (including phenoxy) is 1. The van der Waals surface area contributed by atoms with Gasteiger partial charge >= 0.3 is 0 Å². The Morgan fingerprint density at radius 3 is 2.68 bits per heavy atom. The zero-order chi connectivity index (χ0) is 24.2. The third-order valence-corrected chi connectivity index (χ3v) is 6.29. The van der Waals surface area contributed by atoms with Crippen molar-refractivity contribution in [2.45, 2.75) is 32.3 Å². The van der Waals surface area contributed by atoms with Gasteiger partial charge < -0.3 is 15.8 Å². The number of nitrogens with one attached hydrogen (secondary N) is 1. The van der Waals surface area contributed by atoms with Gasteiger partial charge in [0.2, 0.25) is 5.91 Å². The second-order valence-corrected chi connectivity index (χ2v) is 8.90. The van der Waals surface area contributed by atoms with Crippen molar-refractivity contribution in [1.29, 1.82) is 0 Å². The van der Waals surface area contributed by atoms with Crippen molar-refractivity contribution in [2.75, 3.05) is 6.54 Å². The highest BCUT2D eigenvalue weighted by Gasteiger charge is 2.31. The van der Waals surface area contributed by atoms with E-state index in [-0.39, 0.29) is 36.3 Å². The van der Waals surface area contributed by atoms with Crippen LogP contribution in [0.4, 0.5) is 4.39 Å². The summed E-state index contributed by atoms with van der Waals surface area (Å²) in [6.45, 7) is 1.90. The number of primary amides is 1. The second kappa shape index (κ2) is 10.1. The van der Waals surface area contributed by atoms with Gasteiger partial charge in [0.25, 0.3) is 5.91 Å². The molecule has 3 N–H and O–H groups in total. The Bertz CT molecular complexity index is 1220. The summed E-state index contributed by atoms with van der Waals surface area (Å²) < 4.78 is 24.8. The van der Waals surface area contributed by atoms with Gasteiger partial charge in [-0.25, -0.2) is 9.37 Å². The average molecular weight is 483 g/mol. The molecule has 1 saturated carbocycles.